The topological polar surface area (TPSA) is 20.2 Å². The Morgan fingerprint density at radius 3 is 2.56 bits per heavy atom. The van der Waals surface area contributed by atoms with Gasteiger partial charge in [0.15, 0.2) is 0 Å². The minimum atomic E-state index is 0.229. The fraction of sp³-hybridized carbons (Fsp3) is 0.625. The second kappa shape index (κ2) is 7.48. The molecule has 0 aromatic carbocycles. The molecule has 0 rings (SSSR count). The van der Waals surface area contributed by atoms with Gasteiger partial charge in [-0.2, -0.15) is 0 Å². The monoisotopic (exact) mass is 126 g/mol. The van der Waals surface area contributed by atoms with Crippen molar-refractivity contribution < 1.29 is 5.11 Å². The maximum atomic E-state index is 8.34. The van der Waals surface area contributed by atoms with Gasteiger partial charge >= 0.3 is 0 Å². The van der Waals surface area contributed by atoms with Gasteiger partial charge in [0.25, 0.3) is 0 Å². The molecule has 0 spiro atoms. The highest BCUT2D eigenvalue weighted by Gasteiger charge is 1.69. The maximum Gasteiger partial charge on any atom is 0.0471 e. The van der Waals surface area contributed by atoms with Crippen LogP contribution in [0.25, 0.3) is 0 Å². The van der Waals surface area contributed by atoms with E-state index < -0.39 is 0 Å². The standard InChI is InChI=1S/C8H14O/c1-2-3-4-5-6-7-8-9/h4,6,9H,2-3,7-8H2,1H3. The van der Waals surface area contributed by atoms with Crippen molar-refractivity contribution in [3.05, 3.63) is 17.9 Å². The zero-order chi connectivity index (χ0) is 6.95. The quantitative estimate of drug-likeness (QED) is 0.570. The molecule has 0 atom stereocenters. The molecule has 0 aliphatic heterocycles. The van der Waals surface area contributed by atoms with E-state index in [1.165, 1.54) is 6.42 Å². The second-order valence-corrected chi connectivity index (χ2v) is 1.88. The van der Waals surface area contributed by atoms with Crippen molar-refractivity contribution in [2.24, 2.45) is 0 Å². The van der Waals surface area contributed by atoms with E-state index in [2.05, 4.69) is 12.7 Å². The second-order valence-electron chi connectivity index (χ2n) is 1.88. The molecule has 0 unspecified atom stereocenters. The van der Waals surface area contributed by atoms with E-state index in [1.54, 1.807) is 0 Å². The van der Waals surface area contributed by atoms with Crippen LogP contribution in [0.4, 0.5) is 0 Å². The van der Waals surface area contributed by atoms with E-state index >= 15 is 0 Å². The molecule has 0 saturated carbocycles. The van der Waals surface area contributed by atoms with Gasteiger partial charge in [0.2, 0.25) is 0 Å². The Bertz CT molecular complexity index is 89.1. The van der Waals surface area contributed by atoms with Gasteiger partial charge in [-0.25, -0.2) is 0 Å². The molecule has 0 saturated heterocycles. The minimum Gasteiger partial charge on any atom is -0.396 e. The molecule has 1 N–H and O–H groups in total. The molecular weight excluding hydrogens is 112 g/mol. The van der Waals surface area contributed by atoms with Crippen molar-refractivity contribution in [2.45, 2.75) is 26.2 Å². The predicted molar refractivity (Wildman–Crippen MR) is 39.3 cm³/mol. The zero-order valence-corrected chi connectivity index (χ0v) is 5.93. The van der Waals surface area contributed by atoms with E-state index in [9.17, 15) is 0 Å². The van der Waals surface area contributed by atoms with Crippen molar-refractivity contribution in [3.8, 4) is 0 Å². The highest BCUT2D eigenvalue weighted by atomic mass is 16.2. The Hall–Kier alpha value is -0.520. The Labute approximate surface area is 56.7 Å². The summed E-state index contributed by atoms with van der Waals surface area (Å²) < 4.78 is 0. The molecule has 0 fully saturated rings. The van der Waals surface area contributed by atoms with Crippen LogP contribution in [0.15, 0.2) is 17.9 Å². The molecule has 0 aliphatic carbocycles. The minimum absolute atomic E-state index is 0.229. The third-order valence-corrected chi connectivity index (χ3v) is 0.942. The number of hydrogen-bond acceptors (Lipinski definition) is 1. The lowest BCUT2D eigenvalue weighted by Gasteiger charge is -1.78. The molecule has 1 nitrogen and oxygen atoms in total. The molecule has 52 valence electrons. The van der Waals surface area contributed by atoms with Gasteiger partial charge in [0.05, 0.1) is 0 Å². The van der Waals surface area contributed by atoms with Crippen LogP contribution < -0.4 is 0 Å². The van der Waals surface area contributed by atoms with Gasteiger partial charge < -0.3 is 5.11 Å². The van der Waals surface area contributed by atoms with Gasteiger partial charge in [-0.1, -0.05) is 13.3 Å². The summed E-state index contributed by atoms with van der Waals surface area (Å²) in [6.07, 6.45) is 6.83. The first-order valence-corrected chi connectivity index (χ1v) is 3.42. The summed E-state index contributed by atoms with van der Waals surface area (Å²) in [5.74, 6) is 0. The Kier molecular flexibility index (Phi) is 7.05. The lowest BCUT2D eigenvalue weighted by Crippen LogP contribution is -1.72. The number of aliphatic hydroxyl groups excluding tert-OH is 1. The van der Waals surface area contributed by atoms with Crippen molar-refractivity contribution >= 4 is 0 Å². The van der Waals surface area contributed by atoms with Gasteiger partial charge in [-0.3, -0.25) is 0 Å². The van der Waals surface area contributed by atoms with Gasteiger partial charge in [-0.05, 0) is 25.0 Å². The number of aliphatic hydroxyl groups is 1. The van der Waals surface area contributed by atoms with Crippen LogP contribution in [0.3, 0.4) is 0 Å². The van der Waals surface area contributed by atoms with Crippen LogP contribution in [0, 0.1) is 0 Å². The first-order chi connectivity index (χ1) is 4.41. The van der Waals surface area contributed by atoms with Crippen LogP contribution in [0.2, 0.25) is 0 Å². The summed E-state index contributed by atoms with van der Waals surface area (Å²) >= 11 is 0. The summed E-state index contributed by atoms with van der Waals surface area (Å²) in [7, 11) is 0. The Morgan fingerprint density at radius 2 is 2.00 bits per heavy atom. The first kappa shape index (κ1) is 8.48. The molecule has 0 amide bonds. The molecule has 0 aromatic rings. The van der Waals surface area contributed by atoms with Crippen LogP contribution >= 0.6 is 0 Å². The molecule has 0 radical (unpaired) electrons. The van der Waals surface area contributed by atoms with Crippen molar-refractivity contribution in [2.75, 3.05) is 6.61 Å². The fourth-order valence-corrected chi connectivity index (χ4v) is 0.459. The third kappa shape index (κ3) is 7.48. The van der Waals surface area contributed by atoms with Crippen LogP contribution in [0.5, 0.6) is 0 Å². The summed E-state index contributed by atoms with van der Waals surface area (Å²) in [4.78, 5) is 0. The average Bonchev–Trinajstić information content (AvgIpc) is 1.89. The zero-order valence-electron chi connectivity index (χ0n) is 5.93. The van der Waals surface area contributed by atoms with E-state index in [0.29, 0.717) is 0 Å². The third-order valence-electron chi connectivity index (χ3n) is 0.942. The lowest BCUT2D eigenvalue weighted by molar-refractivity contribution is 0.302. The van der Waals surface area contributed by atoms with E-state index in [4.69, 9.17) is 5.11 Å². The largest absolute Gasteiger partial charge is 0.396 e. The summed E-state index contributed by atoms with van der Waals surface area (Å²) in [5, 5.41) is 8.34. The SMILES string of the molecule is CCCC=C=CCCO. The average molecular weight is 126 g/mol. The van der Waals surface area contributed by atoms with Crippen LogP contribution in [-0.4, -0.2) is 11.7 Å². The highest BCUT2D eigenvalue weighted by molar-refractivity contribution is 4.83. The molecule has 1 heteroatoms. The molecule has 0 aliphatic rings. The summed E-state index contributed by atoms with van der Waals surface area (Å²) in [6, 6.07) is 0. The fourth-order valence-electron chi connectivity index (χ4n) is 0.459. The maximum absolute atomic E-state index is 8.34. The van der Waals surface area contributed by atoms with E-state index in [-0.39, 0.29) is 6.61 Å². The first-order valence-electron chi connectivity index (χ1n) is 3.42. The summed E-state index contributed by atoms with van der Waals surface area (Å²) in [5.41, 5.74) is 2.98. The van der Waals surface area contributed by atoms with Gasteiger partial charge in [0.1, 0.15) is 0 Å². The number of hydrogen-bond donors (Lipinski definition) is 1. The molecule has 0 aromatic heterocycles. The van der Waals surface area contributed by atoms with E-state index in [0.717, 1.165) is 12.8 Å². The van der Waals surface area contributed by atoms with Gasteiger partial charge in [-0.15, -0.1) is 5.73 Å². The molecule has 0 bridgehead atoms. The van der Waals surface area contributed by atoms with Gasteiger partial charge in [0, 0.05) is 6.61 Å². The smallest absolute Gasteiger partial charge is 0.0471 e. The lowest BCUT2D eigenvalue weighted by atomic mass is 10.3. The van der Waals surface area contributed by atoms with Crippen LogP contribution in [-0.2, 0) is 0 Å². The van der Waals surface area contributed by atoms with Crippen molar-refractivity contribution in [1.29, 1.82) is 0 Å². The Balaban J connectivity index is 3.18. The normalized spacial score (nSPS) is 8.22. The molecule has 0 heterocycles. The van der Waals surface area contributed by atoms with E-state index in [1.807, 2.05) is 12.2 Å². The predicted octanol–water partition coefficient (Wildman–Crippen LogP) is 1.88. The number of rotatable bonds is 4. The Morgan fingerprint density at radius 1 is 1.33 bits per heavy atom. The highest BCUT2D eigenvalue weighted by Crippen LogP contribution is 1.86. The summed E-state index contributed by atoms with van der Waals surface area (Å²) in [6.45, 7) is 2.36. The van der Waals surface area contributed by atoms with Crippen molar-refractivity contribution in [3.63, 3.8) is 0 Å². The number of unbranched alkanes of at least 4 members (excludes halogenated alkanes) is 1. The van der Waals surface area contributed by atoms with Crippen molar-refractivity contribution in [1.82, 2.24) is 0 Å². The van der Waals surface area contributed by atoms with Crippen LogP contribution in [0.1, 0.15) is 26.2 Å². The molecular formula is C8H14O. The molecule has 9 heavy (non-hydrogen) atoms.